The van der Waals surface area contributed by atoms with E-state index in [4.69, 9.17) is 5.11 Å². The number of likely N-dealkylation sites (N-methyl/N-ethyl adjacent to an activating group) is 1. The van der Waals surface area contributed by atoms with Gasteiger partial charge < -0.3 is 10.0 Å². The summed E-state index contributed by atoms with van der Waals surface area (Å²) >= 11 is 0. The fraction of sp³-hybridized carbons (Fsp3) is 0.500. The van der Waals surface area contributed by atoms with Crippen molar-refractivity contribution in [3.05, 3.63) is 23.8 Å². The summed E-state index contributed by atoms with van der Waals surface area (Å²) in [6.07, 6.45) is 0.927. The van der Waals surface area contributed by atoms with E-state index in [0.29, 0.717) is 19.5 Å². The lowest BCUT2D eigenvalue weighted by molar-refractivity contribution is -0.117. The third-order valence-corrected chi connectivity index (χ3v) is 6.13. The molecule has 1 unspecified atom stereocenters. The topological polar surface area (TPSA) is 77.9 Å². The highest BCUT2D eigenvalue weighted by atomic mass is 32.2. The minimum Gasteiger partial charge on any atom is -0.396 e. The molecule has 1 aromatic carbocycles. The molecular formula is C14H18N2O4S. The van der Waals surface area contributed by atoms with Crippen LogP contribution in [0.1, 0.15) is 12.0 Å². The van der Waals surface area contributed by atoms with E-state index < -0.39 is 10.0 Å². The van der Waals surface area contributed by atoms with Crippen molar-refractivity contribution in [2.45, 2.75) is 17.7 Å². The number of nitrogens with zero attached hydrogens (tertiary/aromatic N) is 2. The Labute approximate surface area is 124 Å². The summed E-state index contributed by atoms with van der Waals surface area (Å²) in [4.78, 5) is 13.4. The summed E-state index contributed by atoms with van der Waals surface area (Å²) in [7, 11) is -1.86. The summed E-state index contributed by atoms with van der Waals surface area (Å²) in [6.45, 7) is 0.799. The number of rotatable bonds is 3. The second-order valence-corrected chi connectivity index (χ2v) is 7.56. The van der Waals surface area contributed by atoms with Crippen LogP contribution in [0.25, 0.3) is 0 Å². The minimum atomic E-state index is -3.55. The lowest BCUT2D eigenvalue weighted by atomic mass is 10.1. The quantitative estimate of drug-likeness (QED) is 0.865. The molecule has 0 bridgehead atoms. The number of carbonyl (C=O) groups is 1. The molecule has 1 N–H and O–H groups in total. The maximum Gasteiger partial charge on any atom is 0.243 e. The van der Waals surface area contributed by atoms with Crippen LogP contribution in [-0.2, 0) is 21.2 Å². The van der Waals surface area contributed by atoms with Crippen molar-refractivity contribution in [2.24, 2.45) is 5.92 Å². The molecular weight excluding hydrogens is 292 g/mol. The van der Waals surface area contributed by atoms with Crippen molar-refractivity contribution in [1.82, 2.24) is 4.31 Å². The summed E-state index contributed by atoms with van der Waals surface area (Å²) in [5.41, 5.74) is 1.52. The van der Waals surface area contributed by atoms with Crippen LogP contribution in [0.5, 0.6) is 0 Å². The smallest absolute Gasteiger partial charge is 0.243 e. The lowest BCUT2D eigenvalue weighted by Crippen LogP contribution is -2.29. The van der Waals surface area contributed by atoms with E-state index in [-0.39, 0.29) is 29.7 Å². The zero-order valence-electron chi connectivity index (χ0n) is 11.8. The highest BCUT2D eigenvalue weighted by Crippen LogP contribution is 2.31. The Morgan fingerprint density at radius 2 is 2.14 bits per heavy atom. The first kappa shape index (κ1) is 14.5. The van der Waals surface area contributed by atoms with E-state index in [1.807, 2.05) is 0 Å². The van der Waals surface area contributed by atoms with Gasteiger partial charge in [0.15, 0.2) is 0 Å². The molecule has 2 aliphatic rings. The molecule has 0 aromatic heterocycles. The molecule has 6 nitrogen and oxygen atoms in total. The number of hydrogen-bond donors (Lipinski definition) is 1. The van der Waals surface area contributed by atoms with Crippen molar-refractivity contribution >= 4 is 21.6 Å². The first-order valence-corrected chi connectivity index (χ1v) is 8.38. The predicted molar refractivity (Wildman–Crippen MR) is 77.5 cm³/mol. The molecule has 2 heterocycles. The van der Waals surface area contributed by atoms with Gasteiger partial charge in [0.25, 0.3) is 0 Å². The highest BCUT2D eigenvalue weighted by molar-refractivity contribution is 7.89. The van der Waals surface area contributed by atoms with E-state index in [1.54, 1.807) is 30.1 Å². The maximum atomic E-state index is 12.6. The summed E-state index contributed by atoms with van der Waals surface area (Å²) in [6, 6.07) is 4.83. The van der Waals surface area contributed by atoms with Crippen LogP contribution in [0.3, 0.4) is 0 Å². The summed E-state index contributed by atoms with van der Waals surface area (Å²) in [5.74, 6) is -0.0111. The van der Waals surface area contributed by atoms with Crippen molar-refractivity contribution < 1.29 is 18.3 Å². The van der Waals surface area contributed by atoms with E-state index in [0.717, 1.165) is 11.3 Å². The number of carbonyl (C=O) groups excluding carboxylic acids is 1. The molecule has 0 radical (unpaired) electrons. The Hall–Kier alpha value is -1.44. The van der Waals surface area contributed by atoms with Crippen LogP contribution in [0.15, 0.2) is 23.1 Å². The van der Waals surface area contributed by atoms with Crippen LogP contribution in [0.4, 0.5) is 5.69 Å². The second kappa shape index (κ2) is 5.08. The summed E-state index contributed by atoms with van der Waals surface area (Å²) < 4.78 is 26.6. The third kappa shape index (κ3) is 2.35. The number of amides is 1. The van der Waals surface area contributed by atoms with Gasteiger partial charge in [-0.2, -0.15) is 4.31 Å². The van der Waals surface area contributed by atoms with Crippen molar-refractivity contribution in [3.63, 3.8) is 0 Å². The third-order valence-electron chi connectivity index (χ3n) is 4.27. The summed E-state index contributed by atoms with van der Waals surface area (Å²) in [5, 5.41) is 9.14. The van der Waals surface area contributed by atoms with Gasteiger partial charge >= 0.3 is 0 Å². The fourth-order valence-electron chi connectivity index (χ4n) is 2.92. The molecule has 0 saturated carbocycles. The molecule has 1 atom stereocenters. The number of aliphatic hydroxyl groups is 1. The Morgan fingerprint density at radius 3 is 2.81 bits per heavy atom. The van der Waals surface area contributed by atoms with Crippen molar-refractivity contribution in [3.8, 4) is 0 Å². The van der Waals surface area contributed by atoms with Gasteiger partial charge in [-0.15, -0.1) is 0 Å². The van der Waals surface area contributed by atoms with E-state index in [2.05, 4.69) is 0 Å². The van der Waals surface area contributed by atoms with Gasteiger partial charge in [0.1, 0.15) is 0 Å². The zero-order chi connectivity index (χ0) is 15.2. The van der Waals surface area contributed by atoms with Crippen molar-refractivity contribution in [1.29, 1.82) is 0 Å². The van der Waals surface area contributed by atoms with E-state index in [1.165, 1.54) is 4.31 Å². The standard InChI is InChI=1S/C14H18N2O4S/c1-15-13-3-2-12(6-11(13)7-14(15)18)21(19,20)16-5-4-10(8-16)9-17/h2-3,6,10,17H,4-5,7-9H2,1H3. The molecule has 1 fully saturated rings. The maximum absolute atomic E-state index is 12.6. The number of fused-ring (bicyclic) bond motifs is 1. The molecule has 0 aliphatic carbocycles. The number of hydrogen-bond acceptors (Lipinski definition) is 4. The van der Waals surface area contributed by atoms with Crippen LogP contribution in [0.2, 0.25) is 0 Å². The number of anilines is 1. The number of benzene rings is 1. The second-order valence-electron chi connectivity index (χ2n) is 5.62. The molecule has 2 aliphatic heterocycles. The Balaban J connectivity index is 1.91. The zero-order valence-corrected chi connectivity index (χ0v) is 12.6. The monoisotopic (exact) mass is 310 g/mol. The van der Waals surface area contributed by atoms with E-state index >= 15 is 0 Å². The Bertz CT molecular complexity index is 686. The first-order chi connectivity index (χ1) is 9.93. The van der Waals surface area contributed by atoms with Gasteiger partial charge in [0, 0.05) is 32.4 Å². The normalized spacial score (nSPS) is 22.9. The average Bonchev–Trinajstić information content (AvgIpc) is 3.05. The van der Waals surface area contributed by atoms with Gasteiger partial charge in [-0.05, 0) is 36.1 Å². The molecule has 1 saturated heterocycles. The predicted octanol–water partition coefficient (Wildman–Crippen LogP) is 0.208. The largest absolute Gasteiger partial charge is 0.396 e. The molecule has 0 spiro atoms. The highest BCUT2D eigenvalue weighted by Gasteiger charge is 2.33. The van der Waals surface area contributed by atoms with Gasteiger partial charge in [0.2, 0.25) is 15.9 Å². The Morgan fingerprint density at radius 1 is 1.38 bits per heavy atom. The average molecular weight is 310 g/mol. The minimum absolute atomic E-state index is 0.00943. The fourth-order valence-corrected chi connectivity index (χ4v) is 4.50. The number of aliphatic hydroxyl groups excluding tert-OH is 1. The van der Waals surface area contributed by atoms with Gasteiger partial charge in [0.05, 0.1) is 11.3 Å². The van der Waals surface area contributed by atoms with E-state index in [9.17, 15) is 13.2 Å². The van der Waals surface area contributed by atoms with Crippen LogP contribution in [0, 0.1) is 5.92 Å². The van der Waals surface area contributed by atoms with Crippen LogP contribution in [-0.4, -0.2) is 50.5 Å². The molecule has 21 heavy (non-hydrogen) atoms. The van der Waals surface area contributed by atoms with Crippen LogP contribution < -0.4 is 4.90 Å². The number of sulfonamides is 1. The molecule has 114 valence electrons. The van der Waals surface area contributed by atoms with Crippen molar-refractivity contribution in [2.75, 3.05) is 31.6 Å². The molecule has 3 rings (SSSR count). The lowest BCUT2D eigenvalue weighted by Gasteiger charge is -2.17. The Kier molecular flexibility index (Phi) is 3.51. The molecule has 1 amide bonds. The SMILES string of the molecule is CN1C(=O)Cc2cc(S(=O)(=O)N3CCC(CO)C3)ccc21. The van der Waals surface area contributed by atoms with Gasteiger partial charge in [-0.3, -0.25) is 4.79 Å². The first-order valence-electron chi connectivity index (χ1n) is 6.94. The molecule has 1 aromatic rings. The van der Waals surface area contributed by atoms with Gasteiger partial charge in [-0.25, -0.2) is 8.42 Å². The van der Waals surface area contributed by atoms with Gasteiger partial charge in [-0.1, -0.05) is 0 Å². The molecule has 7 heteroatoms. The van der Waals surface area contributed by atoms with Crippen LogP contribution >= 0.6 is 0 Å².